The van der Waals surface area contributed by atoms with E-state index in [4.69, 9.17) is 4.99 Å². The van der Waals surface area contributed by atoms with Crippen LogP contribution in [0.15, 0.2) is 29.3 Å². The molecule has 1 unspecified atom stereocenters. The Morgan fingerprint density at radius 2 is 1.93 bits per heavy atom. The highest BCUT2D eigenvalue weighted by Crippen LogP contribution is 2.20. The van der Waals surface area contributed by atoms with Crippen molar-refractivity contribution in [2.45, 2.75) is 33.6 Å². The maximum Gasteiger partial charge on any atom is 0.194 e. The number of nitrogens with zero attached hydrogens (tertiary/aromatic N) is 3. The average molecular weight is 379 g/mol. The largest absolute Gasteiger partial charge is 0.396 e. The topological polar surface area (TPSA) is 51.1 Å². The zero-order valence-electron chi connectivity index (χ0n) is 17.0. The van der Waals surface area contributed by atoms with Crippen LogP contribution in [0.1, 0.15) is 33.6 Å². The van der Waals surface area contributed by atoms with Gasteiger partial charge in [-0.25, -0.2) is 4.39 Å². The van der Waals surface area contributed by atoms with Gasteiger partial charge in [-0.2, -0.15) is 0 Å². The number of hydrogen-bond acceptors (Lipinski definition) is 3. The van der Waals surface area contributed by atoms with Crippen LogP contribution >= 0.6 is 0 Å². The molecule has 2 N–H and O–H groups in total. The van der Waals surface area contributed by atoms with Gasteiger partial charge >= 0.3 is 0 Å². The summed E-state index contributed by atoms with van der Waals surface area (Å²) in [4.78, 5) is 9.21. The summed E-state index contributed by atoms with van der Waals surface area (Å²) in [6.07, 6.45) is 1.87. The lowest BCUT2D eigenvalue weighted by Gasteiger charge is -2.38. The van der Waals surface area contributed by atoms with Crippen LogP contribution in [0.4, 0.5) is 10.1 Å². The van der Waals surface area contributed by atoms with Crippen molar-refractivity contribution in [2.24, 2.45) is 16.8 Å². The number of anilines is 1. The number of hydrogen-bond donors (Lipinski definition) is 2. The molecule has 1 saturated heterocycles. The second-order valence-corrected chi connectivity index (χ2v) is 7.63. The summed E-state index contributed by atoms with van der Waals surface area (Å²) in [6.45, 7) is 11.4. The molecule has 1 heterocycles. The monoisotopic (exact) mass is 378 g/mol. The van der Waals surface area contributed by atoms with Gasteiger partial charge in [0.15, 0.2) is 5.96 Å². The van der Waals surface area contributed by atoms with Crippen molar-refractivity contribution >= 4 is 11.6 Å². The fourth-order valence-electron chi connectivity index (χ4n) is 3.64. The Morgan fingerprint density at radius 3 is 2.52 bits per heavy atom. The minimum Gasteiger partial charge on any atom is -0.396 e. The Labute approximate surface area is 163 Å². The van der Waals surface area contributed by atoms with Crippen molar-refractivity contribution in [3.05, 3.63) is 30.1 Å². The van der Waals surface area contributed by atoms with E-state index in [2.05, 4.69) is 35.9 Å². The molecular formula is C21H35FN4O. The normalized spacial score (nSPS) is 16.7. The van der Waals surface area contributed by atoms with Crippen LogP contribution < -0.4 is 10.2 Å². The summed E-state index contributed by atoms with van der Waals surface area (Å²) in [5.74, 6) is 1.77. The summed E-state index contributed by atoms with van der Waals surface area (Å²) in [7, 11) is 0. The van der Waals surface area contributed by atoms with Gasteiger partial charge < -0.3 is 20.2 Å². The molecule has 1 aliphatic rings. The van der Waals surface area contributed by atoms with E-state index >= 15 is 0 Å². The van der Waals surface area contributed by atoms with Crippen molar-refractivity contribution in [2.75, 3.05) is 50.8 Å². The highest BCUT2D eigenvalue weighted by molar-refractivity contribution is 5.80. The number of aliphatic hydroxyl groups excluding tert-OH is 1. The number of halogens is 1. The molecule has 1 atom stereocenters. The van der Waals surface area contributed by atoms with Crippen LogP contribution in [0.25, 0.3) is 0 Å². The average Bonchev–Trinajstić information content (AvgIpc) is 2.65. The van der Waals surface area contributed by atoms with Crippen molar-refractivity contribution in [3.63, 3.8) is 0 Å². The fraction of sp³-hybridized carbons (Fsp3) is 0.667. The van der Waals surface area contributed by atoms with Crippen LogP contribution in [0, 0.1) is 17.7 Å². The summed E-state index contributed by atoms with van der Waals surface area (Å²) in [5, 5.41) is 12.7. The van der Waals surface area contributed by atoms with Gasteiger partial charge in [-0.1, -0.05) is 26.0 Å². The van der Waals surface area contributed by atoms with E-state index in [9.17, 15) is 9.50 Å². The Morgan fingerprint density at radius 1 is 1.22 bits per heavy atom. The lowest BCUT2D eigenvalue weighted by molar-refractivity contribution is 0.245. The minimum atomic E-state index is -0.160. The Kier molecular flexibility index (Phi) is 8.85. The zero-order valence-corrected chi connectivity index (χ0v) is 17.0. The Balaban J connectivity index is 1.97. The molecule has 2 rings (SSSR count). The number of rotatable bonds is 8. The van der Waals surface area contributed by atoms with Crippen LogP contribution in [-0.4, -0.2) is 61.8 Å². The van der Waals surface area contributed by atoms with E-state index in [0.717, 1.165) is 58.1 Å². The molecule has 0 saturated carbocycles. The number of aliphatic hydroxyl groups is 1. The molecule has 0 spiro atoms. The van der Waals surface area contributed by atoms with E-state index in [1.54, 1.807) is 6.07 Å². The lowest BCUT2D eigenvalue weighted by Crippen LogP contribution is -2.52. The standard InChI is InChI=1S/C21H35FN4O/c1-4-23-21(24-16-18(9-14-27)15-17(2)3)26-12-10-25(11-13-26)20-8-6-5-7-19(20)22/h5-8,17-18,27H,4,9-16H2,1-3H3,(H,23,24). The number of benzene rings is 1. The van der Waals surface area contributed by atoms with Gasteiger partial charge in [0.25, 0.3) is 0 Å². The number of aliphatic imine (C=N–C) groups is 1. The van der Waals surface area contributed by atoms with E-state index in [-0.39, 0.29) is 12.4 Å². The number of para-hydroxylation sites is 1. The molecule has 27 heavy (non-hydrogen) atoms. The van der Waals surface area contributed by atoms with Crippen molar-refractivity contribution < 1.29 is 9.50 Å². The molecule has 1 aliphatic heterocycles. The van der Waals surface area contributed by atoms with Crippen LogP contribution in [0.5, 0.6) is 0 Å². The third kappa shape index (κ3) is 6.69. The molecule has 1 aromatic rings. The SMILES string of the molecule is CCNC(=NCC(CCO)CC(C)C)N1CCN(c2ccccc2F)CC1. The van der Waals surface area contributed by atoms with Gasteiger partial charge in [0.1, 0.15) is 5.82 Å². The van der Waals surface area contributed by atoms with Gasteiger partial charge in [-0.3, -0.25) is 4.99 Å². The summed E-state index contributed by atoms with van der Waals surface area (Å²) >= 11 is 0. The first kappa shape index (κ1) is 21.5. The molecule has 0 aromatic heterocycles. The zero-order chi connectivity index (χ0) is 19.6. The highest BCUT2D eigenvalue weighted by Gasteiger charge is 2.21. The first-order valence-electron chi connectivity index (χ1n) is 10.2. The third-order valence-corrected chi connectivity index (χ3v) is 4.95. The van der Waals surface area contributed by atoms with Crippen LogP contribution in [0.3, 0.4) is 0 Å². The third-order valence-electron chi connectivity index (χ3n) is 4.95. The molecule has 0 radical (unpaired) electrons. The summed E-state index contributed by atoms with van der Waals surface area (Å²) in [5.41, 5.74) is 0.680. The van der Waals surface area contributed by atoms with Gasteiger partial charge in [0, 0.05) is 45.9 Å². The van der Waals surface area contributed by atoms with Crippen LogP contribution in [-0.2, 0) is 0 Å². The number of nitrogens with one attached hydrogen (secondary N) is 1. The predicted molar refractivity (Wildman–Crippen MR) is 111 cm³/mol. The number of piperazine rings is 1. The molecule has 0 amide bonds. The molecule has 0 aliphatic carbocycles. The molecule has 6 heteroatoms. The summed E-state index contributed by atoms with van der Waals surface area (Å²) < 4.78 is 14.0. The highest BCUT2D eigenvalue weighted by atomic mass is 19.1. The van der Waals surface area contributed by atoms with Crippen molar-refractivity contribution in [3.8, 4) is 0 Å². The van der Waals surface area contributed by atoms with Gasteiger partial charge in [0.2, 0.25) is 0 Å². The minimum absolute atomic E-state index is 0.160. The van der Waals surface area contributed by atoms with E-state index < -0.39 is 0 Å². The predicted octanol–water partition coefficient (Wildman–Crippen LogP) is 2.96. The quantitative estimate of drug-likeness (QED) is 0.539. The first-order chi connectivity index (χ1) is 13.0. The molecule has 1 aromatic carbocycles. The van der Waals surface area contributed by atoms with Gasteiger partial charge in [0.05, 0.1) is 5.69 Å². The van der Waals surface area contributed by atoms with Crippen molar-refractivity contribution in [1.29, 1.82) is 0 Å². The second kappa shape index (κ2) is 11.1. The maximum atomic E-state index is 14.0. The molecule has 0 bridgehead atoms. The Hall–Kier alpha value is -1.82. The van der Waals surface area contributed by atoms with Crippen LogP contribution in [0.2, 0.25) is 0 Å². The first-order valence-corrected chi connectivity index (χ1v) is 10.2. The smallest absolute Gasteiger partial charge is 0.194 e. The maximum absolute atomic E-state index is 14.0. The van der Waals surface area contributed by atoms with Gasteiger partial charge in [-0.15, -0.1) is 0 Å². The van der Waals surface area contributed by atoms with Gasteiger partial charge in [-0.05, 0) is 43.7 Å². The molecule has 152 valence electrons. The Bertz CT molecular complexity index is 585. The van der Waals surface area contributed by atoms with E-state index in [1.807, 2.05) is 12.1 Å². The second-order valence-electron chi connectivity index (χ2n) is 7.63. The number of guanidine groups is 1. The lowest BCUT2D eigenvalue weighted by atomic mass is 9.94. The molecular weight excluding hydrogens is 343 g/mol. The van der Waals surface area contributed by atoms with Crippen molar-refractivity contribution in [1.82, 2.24) is 10.2 Å². The van der Waals surface area contributed by atoms with E-state index in [0.29, 0.717) is 17.5 Å². The molecule has 1 fully saturated rings. The summed E-state index contributed by atoms with van der Waals surface area (Å²) in [6, 6.07) is 6.97. The fourth-order valence-corrected chi connectivity index (χ4v) is 3.64. The molecule has 5 nitrogen and oxygen atoms in total. The van der Waals surface area contributed by atoms with E-state index in [1.165, 1.54) is 6.07 Å².